The van der Waals surface area contributed by atoms with Gasteiger partial charge >= 0.3 is 6.61 Å². The molecule has 0 aliphatic rings. The monoisotopic (exact) mass is 428 g/mol. The molecule has 4 rings (SSSR count). The number of thiazole rings is 1. The van der Waals surface area contributed by atoms with Crippen LogP contribution < -0.4 is 15.6 Å². The van der Waals surface area contributed by atoms with Crippen molar-refractivity contribution in [3.05, 3.63) is 70.5 Å². The second-order valence-electron chi connectivity index (χ2n) is 6.13. The number of nitrogens with zero attached hydrogens (tertiary/aromatic N) is 3. The molecule has 0 fully saturated rings. The molecule has 0 spiro atoms. The SMILES string of the molecule is O=C(Cn1c(=O)cnc2ccccc21)Nc1nc(-c2ccccc2OC(F)F)cs1. The van der Waals surface area contributed by atoms with Gasteiger partial charge in [0.25, 0.3) is 5.56 Å². The Morgan fingerprint density at radius 3 is 2.77 bits per heavy atom. The van der Waals surface area contributed by atoms with Crippen molar-refractivity contribution in [3.63, 3.8) is 0 Å². The summed E-state index contributed by atoms with van der Waals surface area (Å²) in [5.74, 6) is -0.461. The molecule has 0 saturated heterocycles. The van der Waals surface area contributed by atoms with E-state index in [9.17, 15) is 18.4 Å². The lowest BCUT2D eigenvalue weighted by Crippen LogP contribution is -2.27. The lowest BCUT2D eigenvalue weighted by molar-refractivity contribution is -0.116. The van der Waals surface area contributed by atoms with Crippen molar-refractivity contribution in [3.8, 4) is 17.0 Å². The van der Waals surface area contributed by atoms with Crippen LogP contribution in [0.15, 0.2) is 64.9 Å². The van der Waals surface area contributed by atoms with Crippen LogP contribution in [0.4, 0.5) is 13.9 Å². The van der Waals surface area contributed by atoms with Gasteiger partial charge in [-0.3, -0.25) is 14.2 Å². The van der Waals surface area contributed by atoms with Crippen molar-refractivity contribution in [1.29, 1.82) is 0 Å². The lowest BCUT2D eigenvalue weighted by atomic mass is 10.1. The summed E-state index contributed by atoms with van der Waals surface area (Å²) < 4.78 is 31.1. The van der Waals surface area contributed by atoms with Crippen LogP contribution >= 0.6 is 11.3 Å². The third-order valence-electron chi connectivity index (χ3n) is 4.18. The van der Waals surface area contributed by atoms with Crippen LogP contribution in [0, 0.1) is 0 Å². The van der Waals surface area contributed by atoms with Crippen molar-refractivity contribution in [2.24, 2.45) is 0 Å². The molecule has 4 aromatic rings. The minimum atomic E-state index is -2.96. The normalized spacial score (nSPS) is 11.0. The zero-order valence-electron chi connectivity index (χ0n) is 15.3. The van der Waals surface area contributed by atoms with Gasteiger partial charge in [0, 0.05) is 10.9 Å². The minimum Gasteiger partial charge on any atom is -0.434 e. The number of amides is 1. The van der Waals surface area contributed by atoms with Crippen LogP contribution in [0.5, 0.6) is 5.75 Å². The van der Waals surface area contributed by atoms with E-state index in [1.807, 2.05) is 0 Å². The van der Waals surface area contributed by atoms with E-state index in [0.717, 1.165) is 17.5 Å². The third-order valence-corrected chi connectivity index (χ3v) is 4.94. The van der Waals surface area contributed by atoms with Gasteiger partial charge in [-0.25, -0.2) is 9.97 Å². The van der Waals surface area contributed by atoms with Gasteiger partial charge in [-0.15, -0.1) is 11.3 Å². The summed E-state index contributed by atoms with van der Waals surface area (Å²) in [7, 11) is 0. The number of ether oxygens (including phenoxy) is 1. The molecule has 2 heterocycles. The number of anilines is 1. The number of hydrogen-bond donors (Lipinski definition) is 1. The van der Waals surface area contributed by atoms with E-state index in [2.05, 4.69) is 20.0 Å². The summed E-state index contributed by atoms with van der Waals surface area (Å²) in [6.45, 7) is -3.18. The van der Waals surface area contributed by atoms with Crippen molar-refractivity contribution in [1.82, 2.24) is 14.5 Å². The Bertz CT molecular complexity index is 1270. The smallest absolute Gasteiger partial charge is 0.387 e. The Labute approximate surface area is 172 Å². The van der Waals surface area contributed by atoms with Gasteiger partial charge in [0.2, 0.25) is 5.91 Å². The maximum absolute atomic E-state index is 12.6. The first-order chi connectivity index (χ1) is 14.5. The Morgan fingerprint density at radius 2 is 1.93 bits per heavy atom. The van der Waals surface area contributed by atoms with E-state index in [1.165, 1.54) is 10.6 Å². The van der Waals surface area contributed by atoms with Crippen LogP contribution in [0.3, 0.4) is 0 Å². The highest BCUT2D eigenvalue weighted by Gasteiger charge is 2.15. The Kier molecular flexibility index (Phi) is 5.48. The van der Waals surface area contributed by atoms with E-state index in [1.54, 1.807) is 47.8 Å². The number of carbonyl (C=O) groups is 1. The summed E-state index contributed by atoms with van der Waals surface area (Å²) in [4.78, 5) is 33.0. The van der Waals surface area contributed by atoms with Gasteiger partial charge in [0.1, 0.15) is 12.3 Å². The van der Waals surface area contributed by atoms with Gasteiger partial charge < -0.3 is 10.1 Å². The average Bonchev–Trinajstić information content (AvgIpc) is 3.18. The number of fused-ring (bicyclic) bond motifs is 1. The largest absolute Gasteiger partial charge is 0.434 e. The minimum absolute atomic E-state index is 0.00881. The highest BCUT2D eigenvalue weighted by molar-refractivity contribution is 7.14. The number of rotatable bonds is 6. The molecule has 0 atom stereocenters. The summed E-state index contributed by atoms with van der Waals surface area (Å²) >= 11 is 1.13. The van der Waals surface area contributed by atoms with Crippen molar-refractivity contribution in [2.75, 3.05) is 5.32 Å². The molecule has 0 saturated carbocycles. The van der Waals surface area contributed by atoms with E-state index in [4.69, 9.17) is 0 Å². The van der Waals surface area contributed by atoms with Crippen molar-refractivity contribution < 1.29 is 18.3 Å². The molecule has 0 radical (unpaired) electrons. The highest BCUT2D eigenvalue weighted by Crippen LogP contribution is 2.33. The molecule has 0 unspecified atom stereocenters. The second-order valence-corrected chi connectivity index (χ2v) is 6.99. The van der Waals surface area contributed by atoms with Gasteiger partial charge in [-0.2, -0.15) is 8.78 Å². The molecule has 1 N–H and O–H groups in total. The third kappa shape index (κ3) is 4.18. The quantitative estimate of drug-likeness (QED) is 0.505. The Morgan fingerprint density at radius 1 is 1.17 bits per heavy atom. The molecule has 2 aromatic carbocycles. The van der Waals surface area contributed by atoms with Gasteiger partial charge in [0.15, 0.2) is 5.13 Å². The van der Waals surface area contributed by atoms with Crippen molar-refractivity contribution >= 4 is 33.4 Å². The Hall–Kier alpha value is -3.66. The molecular formula is C20H14F2N4O3S. The summed E-state index contributed by atoms with van der Waals surface area (Å²) in [5, 5.41) is 4.53. The molecule has 30 heavy (non-hydrogen) atoms. The van der Waals surface area contributed by atoms with Crippen LogP contribution in [0.2, 0.25) is 0 Å². The first-order valence-corrected chi connectivity index (χ1v) is 9.63. The fraction of sp³-hybridized carbons (Fsp3) is 0.100. The fourth-order valence-corrected chi connectivity index (χ4v) is 3.64. The number of para-hydroxylation sites is 3. The van der Waals surface area contributed by atoms with Crippen molar-refractivity contribution in [2.45, 2.75) is 13.2 Å². The van der Waals surface area contributed by atoms with E-state index < -0.39 is 18.1 Å². The molecule has 0 bridgehead atoms. The zero-order chi connectivity index (χ0) is 21.1. The molecule has 0 aliphatic carbocycles. The number of halogens is 2. The number of nitrogens with one attached hydrogen (secondary N) is 1. The number of benzene rings is 2. The molecule has 10 heteroatoms. The number of hydrogen-bond acceptors (Lipinski definition) is 6. The van der Waals surface area contributed by atoms with Crippen LogP contribution in [0.1, 0.15) is 0 Å². The number of alkyl halides is 2. The van der Waals surface area contributed by atoms with Crippen LogP contribution in [-0.2, 0) is 11.3 Å². The first kappa shape index (κ1) is 19.6. The lowest BCUT2D eigenvalue weighted by Gasteiger charge is -2.09. The zero-order valence-corrected chi connectivity index (χ0v) is 16.1. The standard InChI is InChI=1S/C20H14F2N4O3S/c21-19(22)29-16-8-4-1-5-12(16)14-11-30-20(24-14)25-17(27)10-26-15-7-3-2-6-13(15)23-9-18(26)28/h1-9,11,19H,10H2,(H,24,25,27). The predicted octanol–water partition coefficient (Wildman–Crippen LogP) is 3.76. The topological polar surface area (TPSA) is 86.1 Å². The Balaban J connectivity index is 1.54. The van der Waals surface area contributed by atoms with Gasteiger partial charge in [-0.1, -0.05) is 24.3 Å². The molecule has 0 aliphatic heterocycles. The van der Waals surface area contributed by atoms with Crippen LogP contribution in [0.25, 0.3) is 22.3 Å². The molecule has 152 valence electrons. The summed E-state index contributed by atoms with van der Waals surface area (Å²) in [6, 6.07) is 13.3. The molecule has 1 amide bonds. The summed E-state index contributed by atoms with van der Waals surface area (Å²) in [5.41, 5.74) is 1.50. The number of aromatic nitrogens is 3. The van der Waals surface area contributed by atoms with E-state index in [0.29, 0.717) is 22.3 Å². The highest BCUT2D eigenvalue weighted by atomic mass is 32.1. The predicted molar refractivity (Wildman–Crippen MR) is 109 cm³/mol. The first-order valence-electron chi connectivity index (χ1n) is 8.75. The van der Waals surface area contributed by atoms with Gasteiger partial charge in [0.05, 0.1) is 22.9 Å². The van der Waals surface area contributed by atoms with E-state index in [-0.39, 0.29) is 17.4 Å². The molecule has 2 aromatic heterocycles. The maximum atomic E-state index is 12.6. The number of carbonyl (C=O) groups excluding carboxylic acids is 1. The fourth-order valence-electron chi connectivity index (χ4n) is 2.91. The maximum Gasteiger partial charge on any atom is 0.387 e. The average molecular weight is 428 g/mol. The molecule has 7 nitrogen and oxygen atoms in total. The van der Waals surface area contributed by atoms with Gasteiger partial charge in [-0.05, 0) is 24.3 Å². The second kappa shape index (κ2) is 8.37. The van der Waals surface area contributed by atoms with E-state index >= 15 is 0 Å². The molecular weight excluding hydrogens is 414 g/mol. The summed E-state index contributed by atoms with van der Waals surface area (Å²) in [6.07, 6.45) is 1.16. The van der Waals surface area contributed by atoms with Crippen LogP contribution in [-0.4, -0.2) is 27.1 Å².